The van der Waals surface area contributed by atoms with Gasteiger partial charge >= 0.3 is 0 Å². The van der Waals surface area contributed by atoms with Crippen LogP contribution in [0.4, 0.5) is 5.82 Å². The molecule has 3 fully saturated rings. The fraction of sp³-hybridized carbons (Fsp3) is 0.489. The average molecular weight is 750 g/mol. The maximum absolute atomic E-state index is 14.1. The standard InChI is InChI=1S/C45H55N3O7/c1-44(16-3-4-17-44)37-27-34(43(47-37)48-23-21-46-22-24-48)31-9-7-8-29(26-31)10-15-33-39(51)42(53-2)41(54-25-20-45(52)18-5-6-19-45)38-35(50)28-36(55-40(33)38)30-11-13-32(49)14-12-30/h7-9,11-14,26-27,36,46-47,49,51-52H,3-6,10,15-25,28H2,1-2H3. The number of anilines is 1. The first kappa shape index (κ1) is 37.3. The Morgan fingerprint density at radius 2 is 1.65 bits per heavy atom. The smallest absolute Gasteiger partial charge is 0.204 e. The van der Waals surface area contributed by atoms with Gasteiger partial charge in [-0.2, -0.15) is 0 Å². The number of hydrogen-bond acceptors (Lipinski definition) is 9. The lowest BCUT2D eigenvalue weighted by Gasteiger charge is -2.31. The second-order valence-electron chi connectivity index (χ2n) is 16.4. The van der Waals surface area contributed by atoms with Gasteiger partial charge in [0.15, 0.2) is 17.3 Å². The number of Topliss-reactive ketones (excluding diaryl/α,β-unsaturated/α-hetero) is 1. The first-order chi connectivity index (χ1) is 26.6. The minimum atomic E-state index is -0.795. The molecule has 5 N–H and O–H groups in total. The molecule has 0 radical (unpaired) electrons. The van der Waals surface area contributed by atoms with E-state index in [0.717, 1.165) is 68.6 Å². The van der Waals surface area contributed by atoms with Crippen molar-refractivity contribution in [2.75, 3.05) is 44.8 Å². The molecule has 0 bridgehead atoms. The highest BCUT2D eigenvalue weighted by Gasteiger charge is 2.39. The second-order valence-corrected chi connectivity index (χ2v) is 16.4. The number of aromatic amines is 1. The highest BCUT2D eigenvalue weighted by molar-refractivity contribution is 6.04. The van der Waals surface area contributed by atoms with Gasteiger partial charge in [0.1, 0.15) is 29.0 Å². The summed E-state index contributed by atoms with van der Waals surface area (Å²) in [6.45, 7) is 6.35. The van der Waals surface area contributed by atoms with E-state index in [2.05, 4.69) is 52.5 Å². The lowest BCUT2D eigenvalue weighted by Crippen LogP contribution is -2.43. The summed E-state index contributed by atoms with van der Waals surface area (Å²) in [4.78, 5) is 20.5. The van der Waals surface area contributed by atoms with Crippen LogP contribution in [0.25, 0.3) is 11.1 Å². The molecule has 10 nitrogen and oxygen atoms in total. The molecule has 2 aliphatic carbocycles. The molecule has 4 aromatic rings. The van der Waals surface area contributed by atoms with Crippen LogP contribution >= 0.6 is 0 Å². The van der Waals surface area contributed by atoms with Crippen LogP contribution in [0.3, 0.4) is 0 Å². The van der Waals surface area contributed by atoms with Gasteiger partial charge in [0.2, 0.25) is 5.75 Å². The first-order valence-corrected chi connectivity index (χ1v) is 20.2. The predicted octanol–water partition coefficient (Wildman–Crippen LogP) is 7.91. The van der Waals surface area contributed by atoms with Gasteiger partial charge in [-0.1, -0.05) is 69.0 Å². The molecule has 3 aromatic carbocycles. The van der Waals surface area contributed by atoms with Crippen molar-refractivity contribution in [2.45, 2.75) is 101 Å². The summed E-state index contributed by atoms with van der Waals surface area (Å²) >= 11 is 0. The number of piperazine rings is 1. The van der Waals surface area contributed by atoms with E-state index in [4.69, 9.17) is 14.2 Å². The number of nitrogens with one attached hydrogen (secondary N) is 2. The first-order valence-electron chi connectivity index (χ1n) is 20.2. The number of benzene rings is 3. The zero-order valence-corrected chi connectivity index (χ0v) is 32.2. The SMILES string of the molecule is COc1c(O)c(CCc2cccc(-c3cc(C4(C)CCCC4)[nH]c3N3CCNCC3)c2)c2c(c1OCCC1(O)CCCC1)C(=O)CC(c1ccc(O)cc1)O2. The Morgan fingerprint density at radius 1 is 0.927 bits per heavy atom. The number of aliphatic hydroxyl groups is 1. The van der Waals surface area contributed by atoms with E-state index in [0.29, 0.717) is 30.6 Å². The van der Waals surface area contributed by atoms with Crippen LogP contribution in [0.15, 0.2) is 54.6 Å². The Morgan fingerprint density at radius 3 is 2.38 bits per heavy atom. The molecular weight excluding hydrogens is 695 g/mol. The highest BCUT2D eigenvalue weighted by atomic mass is 16.5. The number of methoxy groups -OCH3 is 1. The van der Waals surface area contributed by atoms with E-state index in [1.54, 1.807) is 24.3 Å². The number of aryl methyl sites for hydroxylation is 1. The minimum Gasteiger partial charge on any atom is -0.508 e. The fourth-order valence-electron chi connectivity index (χ4n) is 9.33. The monoisotopic (exact) mass is 749 g/mol. The van der Waals surface area contributed by atoms with E-state index in [-0.39, 0.29) is 52.8 Å². The van der Waals surface area contributed by atoms with Crippen LogP contribution < -0.4 is 24.4 Å². The number of carbonyl (C=O) groups excluding carboxylic acids is 1. The molecule has 1 saturated heterocycles. The summed E-state index contributed by atoms with van der Waals surface area (Å²) in [5.74, 6) is 1.54. The van der Waals surface area contributed by atoms with Gasteiger partial charge in [0, 0.05) is 54.8 Å². The van der Waals surface area contributed by atoms with Crippen LogP contribution in [0.1, 0.15) is 110 Å². The molecule has 2 aliphatic heterocycles. The van der Waals surface area contributed by atoms with Crippen LogP contribution in [0.5, 0.6) is 28.7 Å². The van der Waals surface area contributed by atoms with Gasteiger partial charge in [0.05, 0.1) is 25.7 Å². The van der Waals surface area contributed by atoms with Crippen molar-refractivity contribution in [1.29, 1.82) is 0 Å². The molecule has 292 valence electrons. The van der Waals surface area contributed by atoms with Crippen LogP contribution in [0.2, 0.25) is 0 Å². The summed E-state index contributed by atoms with van der Waals surface area (Å²) in [5, 5.41) is 36.3. The second kappa shape index (κ2) is 15.5. The normalized spacial score (nSPS) is 20.3. The molecule has 8 rings (SSSR count). The van der Waals surface area contributed by atoms with Crippen molar-refractivity contribution < 1.29 is 34.3 Å². The number of fused-ring (bicyclic) bond motifs is 1. The van der Waals surface area contributed by atoms with E-state index in [9.17, 15) is 20.1 Å². The Kier molecular flexibility index (Phi) is 10.5. The van der Waals surface area contributed by atoms with Crippen molar-refractivity contribution in [3.05, 3.63) is 82.5 Å². The third kappa shape index (κ3) is 7.51. The molecule has 2 saturated carbocycles. The summed E-state index contributed by atoms with van der Waals surface area (Å²) in [5.41, 5.74) is 5.60. The molecular formula is C45H55N3O7. The number of carbonyl (C=O) groups is 1. The van der Waals surface area contributed by atoms with Crippen molar-refractivity contribution in [2.24, 2.45) is 0 Å². The summed E-state index contributed by atoms with van der Waals surface area (Å²) in [6.07, 6.45) is 9.08. The number of H-pyrrole nitrogens is 1. The largest absolute Gasteiger partial charge is 0.508 e. The molecule has 1 unspecified atom stereocenters. The Hall–Kier alpha value is -4.67. The van der Waals surface area contributed by atoms with Crippen molar-refractivity contribution in [1.82, 2.24) is 10.3 Å². The number of aromatic hydroxyl groups is 2. The van der Waals surface area contributed by atoms with Gasteiger partial charge in [0.25, 0.3) is 0 Å². The van der Waals surface area contributed by atoms with Crippen LogP contribution in [0, 0.1) is 0 Å². The topological polar surface area (TPSA) is 137 Å². The lowest BCUT2D eigenvalue weighted by molar-refractivity contribution is 0.0252. The molecule has 0 amide bonds. The number of phenols is 2. The van der Waals surface area contributed by atoms with E-state index in [1.807, 2.05) is 0 Å². The Bertz CT molecular complexity index is 2000. The third-order valence-electron chi connectivity index (χ3n) is 12.7. The van der Waals surface area contributed by atoms with Gasteiger partial charge in [-0.15, -0.1) is 0 Å². The third-order valence-corrected chi connectivity index (χ3v) is 12.7. The quantitative estimate of drug-likeness (QED) is 0.0979. The van der Waals surface area contributed by atoms with Crippen LogP contribution in [-0.4, -0.2) is 71.6 Å². The van der Waals surface area contributed by atoms with Crippen molar-refractivity contribution in [3.8, 4) is 39.9 Å². The van der Waals surface area contributed by atoms with Gasteiger partial charge < -0.3 is 44.7 Å². The predicted molar refractivity (Wildman–Crippen MR) is 213 cm³/mol. The van der Waals surface area contributed by atoms with Gasteiger partial charge in [-0.05, 0) is 73.4 Å². The van der Waals surface area contributed by atoms with Crippen molar-refractivity contribution >= 4 is 11.6 Å². The van der Waals surface area contributed by atoms with Crippen LogP contribution in [-0.2, 0) is 18.3 Å². The number of ether oxygens (including phenoxy) is 3. The molecule has 10 heteroatoms. The number of aromatic nitrogens is 1. The van der Waals surface area contributed by atoms with E-state index >= 15 is 0 Å². The molecule has 4 aliphatic rings. The maximum atomic E-state index is 14.1. The van der Waals surface area contributed by atoms with E-state index < -0.39 is 11.7 Å². The molecule has 55 heavy (non-hydrogen) atoms. The zero-order chi connectivity index (χ0) is 38.2. The number of ketones is 1. The van der Waals surface area contributed by atoms with Gasteiger partial charge in [-0.3, -0.25) is 4.79 Å². The van der Waals surface area contributed by atoms with Crippen molar-refractivity contribution in [3.63, 3.8) is 0 Å². The number of nitrogens with zero attached hydrogens (tertiary/aromatic N) is 1. The highest BCUT2D eigenvalue weighted by Crippen LogP contribution is 2.53. The number of phenolic OH excluding ortho intramolecular Hbond substituents is 2. The molecule has 3 heterocycles. The maximum Gasteiger partial charge on any atom is 0.204 e. The fourth-order valence-corrected chi connectivity index (χ4v) is 9.33. The van der Waals surface area contributed by atoms with Gasteiger partial charge in [-0.25, -0.2) is 0 Å². The lowest BCUT2D eigenvalue weighted by atomic mass is 9.85. The summed E-state index contributed by atoms with van der Waals surface area (Å²) < 4.78 is 18.7. The average Bonchev–Trinajstić information content (AvgIpc) is 3.96. The summed E-state index contributed by atoms with van der Waals surface area (Å²) in [6, 6.07) is 17.7. The molecule has 1 aromatic heterocycles. The molecule has 0 spiro atoms. The molecule has 1 atom stereocenters. The number of hydrogen-bond donors (Lipinski definition) is 5. The Labute approximate surface area is 323 Å². The summed E-state index contributed by atoms with van der Waals surface area (Å²) in [7, 11) is 1.46. The number of rotatable bonds is 12. The Balaban J connectivity index is 1.12. The zero-order valence-electron chi connectivity index (χ0n) is 32.2. The van der Waals surface area contributed by atoms with E-state index in [1.165, 1.54) is 49.9 Å². The minimum absolute atomic E-state index is 0.0562.